The van der Waals surface area contributed by atoms with Gasteiger partial charge in [-0.15, -0.1) is 6.58 Å². The quantitative estimate of drug-likeness (QED) is 0.823. The number of benzene rings is 1. The van der Waals surface area contributed by atoms with Crippen LogP contribution >= 0.6 is 0 Å². The third-order valence-electron chi connectivity index (χ3n) is 5.37. The van der Waals surface area contributed by atoms with Crippen molar-refractivity contribution in [1.82, 2.24) is 15.1 Å². The van der Waals surface area contributed by atoms with E-state index in [-0.39, 0.29) is 11.9 Å². The van der Waals surface area contributed by atoms with Crippen molar-refractivity contribution < 1.29 is 14.3 Å². The monoisotopic (exact) mass is 357 g/mol. The summed E-state index contributed by atoms with van der Waals surface area (Å²) in [7, 11) is 1.64. The number of ether oxygens (including phenoxy) is 1. The zero-order valence-corrected chi connectivity index (χ0v) is 15.4. The van der Waals surface area contributed by atoms with Crippen LogP contribution < -0.4 is 10.1 Å². The summed E-state index contributed by atoms with van der Waals surface area (Å²) in [5, 5.41) is 2.80. The number of nitrogens with zero attached hydrogens (tertiary/aromatic N) is 2. The molecule has 6 heteroatoms. The molecule has 1 N–H and O–H groups in total. The van der Waals surface area contributed by atoms with Gasteiger partial charge in [-0.25, -0.2) is 4.79 Å². The lowest BCUT2D eigenvalue weighted by molar-refractivity contribution is -0.146. The third-order valence-corrected chi connectivity index (χ3v) is 5.37. The summed E-state index contributed by atoms with van der Waals surface area (Å²) in [4.78, 5) is 29.1. The van der Waals surface area contributed by atoms with E-state index in [4.69, 9.17) is 4.74 Å². The molecule has 2 aliphatic heterocycles. The standard InChI is InChI=1S/C20H27N3O3/c1-3-10-21-19(25)23-12-9-20(15-23)8-5-11-22(18(20)24)14-16-6-4-7-17(13-16)26-2/h3-4,6-7,13H,1,5,8-12,14-15H2,2H3,(H,21,25). The number of rotatable bonds is 5. The second-order valence-electron chi connectivity index (χ2n) is 7.11. The summed E-state index contributed by atoms with van der Waals surface area (Å²) in [6.45, 7) is 6.53. The number of methoxy groups -OCH3 is 1. The second kappa shape index (κ2) is 7.81. The van der Waals surface area contributed by atoms with Gasteiger partial charge < -0.3 is 19.9 Å². The number of amides is 3. The largest absolute Gasteiger partial charge is 0.497 e. The van der Waals surface area contributed by atoms with Gasteiger partial charge in [0.1, 0.15) is 5.75 Å². The minimum absolute atomic E-state index is 0.112. The van der Waals surface area contributed by atoms with Gasteiger partial charge in [-0.3, -0.25) is 4.79 Å². The topological polar surface area (TPSA) is 61.9 Å². The van der Waals surface area contributed by atoms with E-state index in [0.717, 1.165) is 37.1 Å². The Kier molecular flexibility index (Phi) is 5.49. The molecular weight excluding hydrogens is 330 g/mol. The van der Waals surface area contributed by atoms with E-state index in [1.165, 1.54) is 0 Å². The minimum atomic E-state index is -0.428. The lowest BCUT2D eigenvalue weighted by atomic mass is 9.78. The van der Waals surface area contributed by atoms with E-state index in [2.05, 4.69) is 11.9 Å². The Morgan fingerprint density at radius 3 is 3.00 bits per heavy atom. The summed E-state index contributed by atoms with van der Waals surface area (Å²) in [5.74, 6) is 0.971. The number of likely N-dealkylation sites (tertiary alicyclic amines) is 2. The first-order valence-corrected chi connectivity index (χ1v) is 9.14. The molecule has 2 aliphatic rings. The van der Waals surface area contributed by atoms with E-state index in [0.29, 0.717) is 26.2 Å². The molecule has 1 unspecified atom stereocenters. The summed E-state index contributed by atoms with van der Waals surface area (Å²) in [5.41, 5.74) is 0.635. The van der Waals surface area contributed by atoms with Crippen molar-refractivity contribution in [2.75, 3.05) is 33.3 Å². The minimum Gasteiger partial charge on any atom is -0.497 e. The van der Waals surface area contributed by atoms with E-state index < -0.39 is 5.41 Å². The van der Waals surface area contributed by atoms with E-state index >= 15 is 0 Å². The molecule has 140 valence electrons. The fourth-order valence-electron chi connectivity index (χ4n) is 3.99. The average Bonchev–Trinajstić information content (AvgIpc) is 3.09. The first-order chi connectivity index (χ1) is 12.6. The summed E-state index contributed by atoms with van der Waals surface area (Å²) in [6.07, 6.45) is 4.22. The Morgan fingerprint density at radius 1 is 1.38 bits per heavy atom. The lowest BCUT2D eigenvalue weighted by Crippen LogP contribution is -2.50. The summed E-state index contributed by atoms with van der Waals surface area (Å²) in [6, 6.07) is 7.72. The smallest absolute Gasteiger partial charge is 0.317 e. The number of hydrogen-bond acceptors (Lipinski definition) is 3. The molecule has 3 amide bonds. The molecule has 1 aromatic carbocycles. The molecule has 1 atom stereocenters. The number of carbonyl (C=O) groups is 2. The van der Waals surface area contributed by atoms with Crippen LogP contribution in [0.3, 0.4) is 0 Å². The third kappa shape index (κ3) is 3.69. The predicted molar refractivity (Wildman–Crippen MR) is 99.9 cm³/mol. The van der Waals surface area contributed by atoms with Crippen LogP contribution in [0, 0.1) is 5.41 Å². The number of nitrogens with one attached hydrogen (secondary N) is 1. The molecule has 2 fully saturated rings. The molecular formula is C20H27N3O3. The normalized spacial score (nSPS) is 22.6. The highest BCUT2D eigenvalue weighted by molar-refractivity contribution is 5.85. The van der Waals surface area contributed by atoms with Crippen molar-refractivity contribution in [3.05, 3.63) is 42.5 Å². The van der Waals surface area contributed by atoms with Crippen LogP contribution in [0.15, 0.2) is 36.9 Å². The van der Waals surface area contributed by atoms with Crippen LogP contribution in [0.2, 0.25) is 0 Å². The summed E-state index contributed by atoms with van der Waals surface area (Å²) >= 11 is 0. The molecule has 1 aromatic rings. The lowest BCUT2D eigenvalue weighted by Gasteiger charge is -2.39. The van der Waals surface area contributed by atoms with Crippen molar-refractivity contribution in [3.8, 4) is 5.75 Å². The zero-order chi connectivity index (χ0) is 18.6. The van der Waals surface area contributed by atoms with Crippen LogP contribution in [0.5, 0.6) is 5.75 Å². The molecule has 2 saturated heterocycles. The Hall–Kier alpha value is -2.50. The van der Waals surface area contributed by atoms with Crippen molar-refractivity contribution in [1.29, 1.82) is 0 Å². The zero-order valence-electron chi connectivity index (χ0n) is 15.4. The van der Waals surface area contributed by atoms with Gasteiger partial charge in [0.05, 0.1) is 12.5 Å². The molecule has 2 heterocycles. The van der Waals surface area contributed by atoms with Crippen LogP contribution in [0.25, 0.3) is 0 Å². The molecule has 0 saturated carbocycles. The Balaban J connectivity index is 1.67. The highest BCUT2D eigenvalue weighted by Crippen LogP contribution is 2.40. The van der Waals surface area contributed by atoms with Crippen LogP contribution in [0.4, 0.5) is 4.79 Å². The SMILES string of the molecule is C=CCNC(=O)N1CCC2(CCCN(Cc3cccc(OC)c3)C2=O)C1. The van der Waals surface area contributed by atoms with Gasteiger partial charge in [0, 0.05) is 32.7 Å². The van der Waals surface area contributed by atoms with Gasteiger partial charge in [0.25, 0.3) is 0 Å². The second-order valence-corrected chi connectivity index (χ2v) is 7.11. The molecule has 1 spiro atoms. The number of piperidine rings is 1. The maximum atomic E-state index is 13.2. The highest BCUT2D eigenvalue weighted by Gasteiger charge is 2.49. The Labute approximate surface area is 154 Å². The Morgan fingerprint density at radius 2 is 2.23 bits per heavy atom. The fourth-order valence-corrected chi connectivity index (χ4v) is 3.99. The van der Waals surface area contributed by atoms with Gasteiger partial charge in [-0.1, -0.05) is 18.2 Å². The number of hydrogen-bond donors (Lipinski definition) is 1. The summed E-state index contributed by atoms with van der Waals surface area (Å²) < 4.78 is 5.28. The molecule has 0 bridgehead atoms. The molecule has 0 radical (unpaired) electrons. The first-order valence-electron chi connectivity index (χ1n) is 9.14. The predicted octanol–water partition coefficient (Wildman–Crippen LogP) is 2.41. The van der Waals surface area contributed by atoms with Gasteiger partial charge in [-0.05, 0) is 37.0 Å². The number of carbonyl (C=O) groups excluding carboxylic acids is 2. The first kappa shape index (κ1) is 18.3. The molecule has 0 aromatic heterocycles. The van der Waals surface area contributed by atoms with E-state index in [9.17, 15) is 9.59 Å². The van der Waals surface area contributed by atoms with Gasteiger partial charge >= 0.3 is 6.03 Å². The Bertz CT molecular complexity index is 691. The van der Waals surface area contributed by atoms with Crippen molar-refractivity contribution in [3.63, 3.8) is 0 Å². The van der Waals surface area contributed by atoms with Gasteiger partial charge in [-0.2, -0.15) is 0 Å². The maximum absolute atomic E-state index is 13.2. The maximum Gasteiger partial charge on any atom is 0.317 e. The van der Waals surface area contributed by atoms with Crippen molar-refractivity contribution in [2.24, 2.45) is 5.41 Å². The van der Waals surface area contributed by atoms with Crippen LogP contribution in [-0.4, -0.2) is 55.0 Å². The van der Waals surface area contributed by atoms with E-state index in [1.807, 2.05) is 29.2 Å². The van der Waals surface area contributed by atoms with Gasteiger partial charge in [0.2, 0.25) is 5.91 Å². The molecule has 3 rings (SSSR count). The average molecular weight is 357 g/mol. The van der Waals surface area contributed by atoms with Crippen molar-refractivity contribution in [2.45, 2.75) is 25.8 Å². The van der Waals surface area contributed by atoms with E-state index in [1.54, 1.807) is 18.1 Å². The van der Waals surface area contributed by atoms with Crippen LogP contribution in [-0.2, 0) is 11.3 Å². The number of urea groups is 1. The van der Waals surface area contributed by atoms with Crippen molar-refractivity contribution >= 4 is 11.9 Å². The van der Waals surface area contributed by atoms with Crippen LogP contribution in [0.1, 0.15) is 24.8 Å². The molecule has 0 aliphatic carbocycles. The highest BCUT2D eigenvalue weighted by atomic mass is 16.5. The fraction of sp³-hybridized carbons (Fsp3) is 0.500. The molecule has 26 heavy (non-hydrogen) atoms. The van der Waals surface area contributed by atoms with Gasteiger partial charge in [0.15, 0.2) is 0 Å². The molecule has 6 nitrogen and oxygen atoms in total.